The molecule has 0 unspecified atom stereocenters. The van der Waals surface area contributed by atoms with E-state index < -0.39 is 0 Å². The lowest BCUT2D eigenvalue weighted by Gasteiger charge is -2.12. The van der Waals surface area contributed by atoms with Crippen LogP contribution in [0.4, 0.5) is 5.82 Å². The molecule has 2 aromatic rings. The standard InChI is InChI=1S/C13H16ClN3S/c1-8(2)12-16-11(14)9(3)13(17-12)15-6-10-4-5-18-7-10/h4-5,7-8H,6H2,1-3H3,(H,15,16,17). The molecule has 3 nitrogen and oxygen atoms in total. The van der Waals surface area contributed by atoms with Gasteiger partial charge >= 0.3 is 0 Å². The van der Waals surface area contributed by atoms with Crippen LogP contribution < -0.4 is 5.32 Å². The van der Waals surface area contributed by atoms with Gasteiger partial charge in [-0.3, -0.25) is 0 Å². The fourth-order valence-electron chi connectivity index (χ4n) is 1.51. The Morgan fingerprint density at radius 2 is 2.17 bits per heavy atom. The van der Waals surface area contributed by atoms with Gasteiger partial charge in [-0.05, 0) is 29.3 Å². The monoisotopic (exact) mass is 281 g/mol. The van der Waals surface area contributed by atoms with Crippen LogP contribution in [0.5, 0.6) is 0 Å². The molecule has 0 aliphatic rings. The Kier molecular flexibility index (Phi) is 4.19. The Labute approximate surface area is 116 Å². The quantitative estimate of drug-likeness (QED) is 0.852. The van der Waals surface area contributed by atoms with Gasteiger partial charge in [0.15, 0.2) is 0 Å². The minimum atomic E-state index is 0.268. The second kappa shape index (κ2) is 5.67. The van der Waals surface area contributed by atoms with Crippen molar-refractivity contribution in [2.75, 3.05) is 5.32 Å². The highest BCUT2D eigenvalue weighted by atomic mass is 35.5. The van der Waals surface area contributed by atoms with Crippen LogP contribution in [0.15, 0.2) is 16.8 Å². The van der Waals surface area contributed by atoms with E-state index in [-0.39, 0.29) is 5.92 Å². The number of aromatic nitrogens is 2. The zero-order chi connectivity index (χ0) is 13.1. The number of nitrogens with zero attached hydrogens (tertiary/aromatic N) is 2. The van der Waals surface area contributed by atoms with Gasteiger partial charge < -0.3 is 5.32 Å². The number of thiophene rings is 1. The molecule has 2 heterocycles. The summed E-state index contributed by atoms with van der Waals surface area (Å²) in [5, 5.41) is 8.04. The first kappa shape index (κ1) is 13.3. The van der Waals surface area contributed by atoms with E-state index in [1.165, 1.54) is 5.56 Å². The summed E-state index contributed by atoms with van der Waals surface area (Å²) in [7, 11) is 0. The van der Waals surface area contributed by atoms with Crippen molar-refractivity contribution in [3.63, 3.8) is 0 Å². The van der Waals surface area contributed by atoms with Crippen LogP contribution >= 0.6 is 22.9 Å². The average molecular weight is 282 g/mol. The average Bonchev–Trinajstić information content (AvgIpc) is 2.83. The van der Waals surface area contributed by atoms with Crippen LogP contribution in [0.2, 0.25) is 5.15 Å². The van der Waals surface area contributed by atoms with E-state index in [4.69, 9.17) is 11.6 Å². The third-order valence-corrected chi connectivity index (χ3v) is 3.76. The Hall–Kier alpha value is -1.13. The summed E-state index contributed by atoms with van der Waals surface area (Å²) in [4.78, 5) is 8.82. The highest BCUT2D eigenvalue weighted by Gasteiger charge is 2.11. The minimum absolute atomic E-state index is 0.268. The Morgan fingerprint density at radius 1 is 1.39 bits per heavy atom. The first-order valence-electron chi connectivity index (χ1n) is 5.87. The van der Waals surface area contributed by atoms with Crippen molar-refractivity contribution in [1.29, 1.82) is 0 Å². The van der Waals surface area contributed by atoms with E-state index in [1.807, 2.05) is 6.92 Å². The molecule has 0 amide bonds. The van der Waals surface area contributed by atoms with Crippen LogP contribution in [0.25, 0.3) is 0 Å². The summed E-state index contributed by atoms with van der Waals surface area (Å²) in [5.74, 6) is 1.87. The van der Waals surface area contributed by atoms with Gasteiger partial charge in [-0.2, -0.15) is 11.3 Å². The van der Waals surface area contributed by atoms with Gasteiger partial charge in [-0.1, -0.05) is 25.4 Å². The molecule has 0 aromatic carbocycles. The number of hydrogen-bond acceptors (Lipinski definition) is 4. The molecule has 1 N–H and O–H groups in total. The van der Waals surface area contributed by atoms with Crippen LogP contribution in [0.1, 0.15) is 36.7 Å². The molecule has 2 rings (SSSR count). The molecule has 0 fully saturated rings. The smallest absolute Gasteiger partial charge is 0.137 e. The molecule has 0 aliphatic carbocycles. The van der Waals surface area contributed by atoms with Gasteiger partial charge in [0.25, 0.3) is 0 Å². The summed E-state index contributed by atoms with van der Waals surface area (Å²) < 4.78 is 0. The molecule has 0 spiro atoms. The summed E-state index contributed by atoms with van der Waals surface area (Å²) in [6.45, 7) is 6.81. The van der Waals surface area contributed by atoms with Gasteiger partial charge in [0.2, 0.25) is 0 Å². The summed E-state index contributed by atoms with van der Waals surface area (Å²) in [6.07, 6.45) is 0. The summed E-state index contributed by atoms with van der Waals surface area (Å²) >= 11 is 7.83. The Balaban J connectivity index is 2.20. The maximum Gasteiger partial charge on any atom is 0.137 e. The second-order valence-corrected chi connectivity index (χ2v) is 5.62. The van der Waals surface area contributed by atoms with Crippen LogP contribution in [0, 0.1) is 6.92 Å². The van der Waals surface area contributed by atoms with Crippen molar-refractivity contribution < 1.29 is 0 Å². The van der Waals surface area contributed by atoms with Crippen molar-refractivity contribution in [3.05, 3.63) is 38.9 Å². The first-order chi connectivity index (χ1) is 8.58. The Morgan fingerprint density at radius 3 is 2.78 bits per heavy atom. The number of halogens is 1. The predicted octanol–water partition coefficient (Wildman–Crippen LogP) is 4.24. The molecular formula is C13H16ClN3S. The van der Waals surface area contributed by atoms with Crippen molar-refractivity contribution in [1.82, 2.24) is 9.97 Å². The molecule has 0 atom stereocenters. The lowest BCUT2D eigenvalue weighted by atomic mass is 10.2. The fraction of sp³-hybridized carbons (Fsp3) is 0.385. The van der Waals surface area contributed by atoms with Crippen molar-refractivity contribution in [2.24, 2.45) is 0 Å². The largest absolute Gasteiger partial charge is 0.366 e. The van der Waals surface area contributed by atoms with Crippen molar-refractivity contribution >= 4 is 28.8 Å². The third-order valence-electron chi connectivity index (χ3n) is 2.66. The van der Waals surface area contributed by atoms with Crippen LogP contribution in [-0.4, -0.2) is 9.97 Å². The summed E-state index contributed by atoms with van der Waals surface area (Å²) in [6, 6.07) is 2.10. The van der Waals surface area contributed by atoms with Gasteiger partial charge in [-0.15, -0.1) is 0 Å². The van der Waals surface area contributed by atoms with E-state index in [0.717, 1.165) is 23.8 Å². The molecular weight excluding hydrogens is 266 g/mol. The molecule has 18 heavy (non-hydrogen) atoms. The summed E-state index contributed by atoms with van der Waals surface area (Å²) in [5.41, 5.74) is 2.15. The van der Waals surface area contributed by atoms with Crippen molar-refractivity contribution in [2.45, 2.75) is 33.2 Å². The SMILES string of the molecule is Cc1c(Cl)nc(C(C)C)nc1NCc1ccsc1. The molecule has 5 heteroatoms. The van der Waals surface area contributed by atoms with E-state index in [0.29, 0.717) is 5.15 Å². The molecule has 0 bridgehead atoms. The first-order valence-corrected chi connectivity index (χ1v) is 7.19. The van der Waals surface area contributed by atoms with Crippen molar-refractivity contribution in [3.8, 4) is 0 Å². The second-order valence-electron chi connectivity index (χ2n) is 4.49. The predicted molar refractivity (Wildman–Crippen MR) is 77.5 cm³/mol. The maximum absolute atomic E-state index is 6.13. The molecule has 0 radical (unpaired) electrons. The van der Waals surface area contributed by atoms with E-state index >= 15 is 0 Å². The fourth-order valence-corrected chi connectivity index (χ4v) is 2.36. The normalized spacial score (nSPS) is 10.9. The van der Waals surface area contributed by atoms with Gasteiger partial charge in [0.05, 0.1) is 0 Å². The van der Waals surface area contributed by atoms with Crippen LogP contribution in [-0.2, 0) is 6.54 Å². The Bertz CT molecular complexity index is 523. The molecule has 96 valence electrons. The molecule has 0 saturated heterocycles. The van der Waals surface area contributed by atoms with Crippen LogP contribution in [0.3, 0.4) is 0 Å². The molecule has 2 aromatic heterocycles. The van der Waals surface area contributed by atoms with Gasteiger partial charge in [-0.25, -0.2) is 9.97 Å². The number of hydrogen-bond donors (Lipinski definition) is 1. The lowest BCUT2D eigenvalue weighted by Crippen LogP contribution is -2.07. The number of rotatable bonds is 4. The molecule has 0 saturated carbocycles. The topological polar surface area (TPSA) is 37.8 Å². The molecule has 0 aliphatic heterocycles. The minimum Gasteiger partial charge on any atom is -0.366 e. The highest BCUT2D eigenvalue weighted by Crippen LogP contribution is 2.23. The highest BCUT2D eigenvalue weighted by molar-refractivity contribution is 7.07. The van der Waals surface area contributed by atoms with Gasteiger partial charge in [0, 0.05) is 18.0 Å². The zero-order valence-corrected chi connectivity index (χ0v) is 12.3. The third kappa shape index (κ3) is 3.00. The van der Waals surface area contributed by atoms with E-state index in [9.17, 15) is 0 Å². The van der Waals surface area contributed by atoms with E-state index in [1.54, 1.807) is 11.3 Å². The lowest BCUT2D eigenvalue weighted by molar-refractivity contribution is 0.771. The number of anilines is 1. The van der Waals surface area contributed by atoms with E-state index in [2.05, 4.69) is 46.0 Å². The van der Waals surface area contributed by atoms with Gasteiger partial charge in [0.1, 0.15) is 16.8 Å². The maximum atomic E-state index is 6.13. The number of nitrogens with one attached hydrogen (secondary N) is 1. The zero-order valence-electron chi connectivity index (χ0n) is 10.7.